The minimum atomic E-state index is -0.00125. The van der Waals surface area contributed by atoms with Crippen molar-refractivity contribution in [2.24, 2.45) is 7.05 Å². The summed E-state index contributed by atoms with van der Waals surface area (Å²) in [7, 11) is 5.28. The van der Waals surface area contributed by atoms with Crippen molar-refractivity contribution >= 4 is 21.8 Å². The molecule has 0 aliphatic heterocycles. The van der Waals surface area contributed by atoms with Gasteiger partial charge in [-0.15, -0.1) is 0 Å². The van der Waals surface area contributed by atoms with Crippen LogP contribution in [0.5, 0.6) is 0 Å². The SMILES string of the molecule is COCC(Br)CN(C)C(=O)c1c(C)nn(C)c1C. The number of rotatable bonds is 5. The van der Waals surface area contributed by atoms with Crippen LogP contribution in [0, 0.1) is 13.8 Å². The molecule has 0 bridgehead atoms. The van der Waals surface area contributed by atoms with Crippen LogP contribution in [-0.2, 0) is 11.8 Å². The number of alkyl halides is 1. The zero-order chi connectivity index (χ0) is 13.9. The lowest BCUT2D eigenvalue weighted by atomic mass is 10.1. The van der Waals surface area contributed by atoms with E-state index < -0.39 is 0 Å². The number of carbonyl (C=O) groups is 1. The molecule has 0 spiro atoms. The van der Waals surface area contributed by atoms with Crippen LogP contribution in [0.3, 0.4) is 0 Å². The second-order valence-corrected chi connectivity index (χ2v) is 5.70. The number of carbonyl (C=O) groups excluding carboxylic acids is 1. The van der Waals surface area contributed by atoms with Gasteiger partial charge in [-0.05, 0) is 13.8 Å². The van der Waals surface area contributed by atoms with Crippen LogP contribution in [0.15, 0.2) is 0 Å². The summed E-state index contributed by atoms with van der Waals surface area (Å²) in [5.74, 6) is -0.00125. The lowest BCUT2D eigenvalue weighted by Crippen LogP contribution is -2.34. The number of aromatic nitrogens is 2. The van der Waals surface area contributed by atoms with Crippen LogP contribution < -0.4 is 0 Å². The van der Waals surface area contributed by atoms with Gasteiger partial charge in [-0.2, -0.15) is 5.10 Å². The van der Waals surface area contributed by atoms with Crippen molar-refractivity contribution in [1.29, 1.82) is 0 Å². The van der Waals surface area contributed by atoms with Crippen LogP contribution in [-0.4, -0.2) is 52.7 Å². The Morgan fingerprint density at radius 1 is 1.56 bits per heavy atom. The van der Waals surface area contributed by atoms with E-state index in [9.17, 15) is 4.79 Å². The number of amides is 1. The van der Waals surface area contributed by atoms with Crippen LogP contribution in [0.4, 0.5) is 0 Å². The topological polar surface area (TPSA) is 47.4 Å². The summed E-state index contributed by atoms with van der Waals surface area (Å²) >= 11 is 3.48. The van der Waals surface area contributed by atoms with Gasteiger partial charge in [-0.1, -0.05) is 15.9 Å². The van der Waals surface area contributed by atoms with Crippen molar-refractivity contribution in [2.45, 2.75) is 18.7 Å². The fourth-order valence-corrected chi connectivity index (χ4v) is 2.59. The fourth-order valence-electron chi connectivity index (χ4n) is 1.89. The number of aryl methyl sites for hydroxylation is 2. The van der Waals surface area contributed by atoms with Crippen LogP contribution in [0.2, 0.25) is 0 Å². The van der Waals surface area contributed by atoms with Crippen LogP contribution in [0.25, 0.3) is 0 Å². The Morgan fingerprint density at radius 3 is 2.61 bits per heavy atom. The third kappa shape index (κ3) is 3.32. The van der Waals surface area contributed by atoms with Gasteiger partial charge >= 0.3 is 0 Å². The van der Waals surface area contributed by atoms with Crippen molar-refractivity contribution in [3.8, 4) is 0 Å². The molecule has 6 heteroatoms. The number of methoxy groups -OCH3 is 1. The first-order valence-corrected chi connectivity index (χ1v) is 6.68. The molecule has 1 rings (SSSR count). The van der Waals surface area contributed by atoms with E-state index in [4.69, 9.17) is 4.74 Å². The van der Waals surface area contributed by atoms with Crippen molar-refractivity contribution in [2.75, 3.05) is 27.3 Å². The molecule has 5 nitrogen and oxygen atoms in total. The van der Waals surface area contributed by atoms with E-state index in [1.807, 2.05) is 20.9 Å². The first-order chi connectivity index (χ1) is 8.38. The third-order valence-electron chi connectivity index (χ3n) is 2.89. The molecule has 0 radical (unpaired) electrons. The van der Waals surface area contributed by atoms with Gasteiger partial charge in [0.25, 0.3) is 5.91 Å². The van der Waals surface area contributed by atoms with Crippen molar-refractivity contribution in [1.82, 2.24) is 14.7 Å². The van der Waals surface area contributed by atoms with Gasteiger partial charge in [0.05, 0.1) is 22.7 Å². The highest BCUT2D eigenvalue weighted by atomic mass is 79.9. The van der Waals surface area contributed by atoms with Crippen molar-refractivity contribution in [3.05, 3.63) is 17.0 Å². The average molecular weight is 318 g/mol. The number of nitrogens with zero attached hydrogens (tertiary/aromatic N) is 3. The molecular weight excluding hydrogens is 298 g/mol. The van der Waals surface area contributed by atoms with Gasteiger partial charge in [-0.25, -0.2) is 0 Å². The van der Waals surface area contributed by atoms with Gasteiger partial charge in [0.2, 0.25) is 0 Å². The van der Waals surface area contributed by atoms with E-state index in [0.717, 1.165) is 11.4 Å². The Kier molecular flexibility index (Phi) is 5.34. The number of ether oxygens (including phenoxy) is 1. The van der Waals surface area contributed by atoms with E-state index in [1.165, 1.54) is 0 Å². The zero-order valence-electron chi connectivity index (χ0n) is 11.5. The first-order valence-electron chi connectivity index (χ1n) is 5.77. The van der Waals surface area contributed by atoms with Crippen LogP contribution >= 0.6 is 15.9 Å². The van der Waals surface area contributed by atoms with E-state index in [2.05, 4.69) is 21.0 Å². The molecule has 102 valence electrons. The second kappa shape index (κ2) is 6.33. The molecule has 0 aromatic carbocycles. The van der Waals surface area contributed by atoms with E-state index in [0.29, 0.717) is 18.7 Å². The van der Waals surface area contributed by atoms with Gasteiger partial charge in [0.1, 0.15) is 0 Å². The maximum Gasteiger partial charge on any atom is 0.257 e. The van der Waals surface area contributed by atoms with E-state index >= 15 is 0 Å². The predicted molar refractivity (Wildman–Crippen MR) is 74.2 cm³/mol. The number of hydrogen-bond acceptors (Lipinski definition) is 3. The molecule has 0 saturated heterocycles. The van der Waals surface area contributed by atoms with Gasteiger partial charge in [0, 0.05) is 33.4 Å². The Morgan fingerprint density at radius 2 is 2.17 bits per heavy atom. The normalized spacial score (nSPS) is 12.6. The molecule has 1 aromatic rings. The minimum Gasteiger partial charge on any atom is -0.383 e. The molecule has 18 heavy (non-hydrogen) atoms. The molecule has 1 atom stereocenters. The lowest BCUT2D eigenvalue weighted by molar-refractivity contribution is 0.0782. The maximum absolute atomic E-state index is 12.4. The molecule has 0 saturated carbocycles. The summed E-state index contributed by atoms with van der Waals surface area (Å²) in [6.07, 6.45) is 0. The van der Waals surface area contributed by atoms with Gasteiger partial charge < -0.3 is 9.64 Å². The quantitative estimate of drug-likeness (QED) is 0.774. The molecule has 0 aliphatic carbocycles. The predicted octanol–water partition coefficient (Wildman–Crippen LogP) is 1.52. The highest BCUT2D eigenvalue weighted by molar-refractivity contribution is 9.09. The molecule has 1 heterocycles. The Hall–Kier alpha value is -0.880. The highest BCUT2D eigenvalue weighted by Gasteiger charge is 2.22. The lowest BCUT2D eigenvalue weighted by Gasteiger charge is -2.20. The number of halogens is 1. The summed E-state index contributed by atoms with van der Waals surface area (Å²) < 4.78 is 6.77. The standard InChI is InChI=1S/C12H20BrN3O2/c1-8-11(9(2)16(4)14-8)12(17)15(3)6-10(13)7-18-5/h10H,6-7H2,1-5H3. The Bertz CT molecular complexity index is 431. The summed E-state index contributed by atoms with van der Waals surface area (Å²) in [6, 6.07) is 0. The summed E-state index contributed by atoms with van der Waals surface area (Å²) in [6.45, 7) is 4.93. The summed E-state index contributed by atoms with van der Waals surface area (Å²) in [5.41, 5.74) is 2.35. The van der Waals surface area contributed by atoms with Crippen molar-refractivity contribution < 1.29 is 9.53 Å². The summed E-state index contributed by atoms with van der Waals surface area (Å²) in [5, 5.41) is 4.26. The smallest absolute Gasteiger partial charge is 0.257 e. The second-order valence-electron chi connectivity index (χ2n) is 4.41. The van der Waals surface area contributed by atoms with Gasteiger partial charge in [0.15, 0.2) is 0 Å². The molecule has 0 fully saturated rings. The maximum atomic E-state index is 12.4. The van der Waals surface area contributed by atoms with Gasteiger partial charge in [-0.3, -0.25) is 9.48 Å². The average Bonchev–Trinajstić information content (AvgIpc) is 2.52. The highest BCUT2D eigenvalue weighted by Crippen LogP contribution is 2.15. The number of hydrogen-bond donors (Lipinski definition) is 0. The van der Waals surface area contributed by atoms with Crippen LogP contribution in [0.1, 0.15) is 21.7 Å². The molecular formula is C12H20BrN3O2. The Labute approximate surface area is 116 Å². The van der Waals surface area contributed by atoms with Crippen molar-refractivity contribution in [3.63, 3.8) is 0 Å². The van der Waals surface area contributed by atoms with E-state index in [1.54, 1.807) is 23.7 Å². The fraction of sp³-hybridized carbons (Fsp3) is 0.667. The molecule has 1 amide bonds. The third-order valence-corrected chi connectivity index (χ3v) is 3.44. The summed E-state index contributed by atoms with van der Waals surface area (Å²) in [4.78, 5) is 14.2. The molecule has 0 aliphatic rings. The monoisotopic (exact) mass is 317 g/mol. The molecule has 0 N–H and O–H groups in total. The first kappa shape index (κ1) is 15.2. The molecule has 1 aromatic heterocycles. The largest absolute Gasteiger partial charge is 0.383 e. The zero-order valence-corrected chi connectivity index (χ0v) is 13.1. The molecule has 1 unspecified atom stereocenters. The van der Waals surface area contributed by atoms with E-state index in [-0.39, 0.29) is 10.7 Å². The minimum absolute atomic E-state index is 0.00125. The Balaban J connectivity index is 2.80.